The van der Waals surface area contributed by atoms with Gasteiger partial charge in [-0.15, -0.1) is 0 Å². The Bertz CT molecular complexity index is 102. The topological polar surface area (TPSA) is 24.1 Å². The van der Waals surface area contributed by atoms with Crippen LogP contribution in [0.5, 0.6) is 0 Å². The fourth-order valence-electron chi connectivity index (χ4n) is 2.11. The SMILES string of the molecule is C1CC2CC(C1)NCCN2. The van der Waals surface area contributed by atoms with E-state index in [0.29, 0.717) is 0 Å². The predicted molar refractivity (Wildman–Crippen MR) is 42.0 cm³/mol. The fraction of sp³-hybridized carbons (Fsp3) is 1.00. The minimum absolute atomic E-state index is 0.828. The van der Waals surface area contributed by atoms with Gasteiger partial charge in [-0.1, -0.05) is 6.42 Å². The van der Waals surface area contributed by atoms with Crippen LogP contribution in [0.4, 0.5) is 0 Å². The zero-order valence-electron chi connectivity index (χ0n) is 6.40. The van der Waals surface area contributed by atoms with Crippen molar-refractivity contribution in [1.29, 1.82) is 0 Å². The lowest BCUT2D eigenvalue weighted by Crippen LogP contribution is -2.35. The highest BCUT2D eigenvalue weighted by atomic mass is 15.0. The molecule has 1 aliphatic carbocycles. The minimum atomic E-state index is 0.828. The maximum absolute atomic E-state index is 3.55. The van der Waals surface area contributed by atoms with Gasteiger partial charge in [0.1, 0.15) is 0 Å². The molecule has 2 rings (SSSR count). The molecule has 0 amide bonds. The van der Waals surface area contributed by atoms with Crippen molar-refractivity contribution in [1.82, 2.24) is 10.6 Å². The summed E-state index contributed by atoms with van der Waals surface area (Å²) >= 11 is 0. The molecule has 1 aliphatic heterocycles. The van der Waals surface area contributed by atoms with Gasteiger partial charge >= 0.3 is 0 Å². The molecule has 2 atom stereocenters. The van der Waals surface area contributed by atoms with E-state index in [9.17, 15) is 0 Å². The molecular weight excluding hydrogens is 124 g/mol. The Kier molecular flexibility index (Phi) is 1.91. The molecule has 2 heteroatoms. The second kappa shape index (κ2) is 2.89. The highest BCUT2D eigenvalue weighted by Gasteiger charge is 2.22. The first kappa shape index (κ1) is 6.62. The van der Waals surface area contributed by atoms with Crippen molar-refractivity contribution in [2.45, 2.75) is 37.8 Å². The van der Waals surface area contributed by atoms with E-state index >= 15 is 0 Å². The molecule has 2 N–H and O–H groups in total. The number of fused-ring (bicyclic) bond motifs is 2. The first-order valence-electron chi connectivity index (χ1n) is 4.42. The van der Waals surface area contributed by atoms with Crippen LogP contribution in [-0.2, 0) is 0 Å². The first-order chi connectivity index (χ1) is 4.95. The normalized spacial score (nSPS) is 40.8. The van der Waals surface area contributed by atoms with Crippen LogP contribution in [0.3, 0.4) is 0 Å². The summed E-state index contributed by atoms with van der Waals surface area (Å²) in [6.45, 7) is 2.34. The zero-order chi connectivity index (χ0) is 6.81. The molecule has 0 spiro atoms. The van der Waals surface area contributed by atoms with Crippen molar-refractivity contribution in [3.63, 3.8) is 0 Å². The quantitative estimate of drug-likeness (QED) is 0.511. The third kappa shape index (κ3) is 1.32. The maximum Gasteiger partial charge on any atom is 0.00824 e. The van der Waals surface area contributed by atoms with Crippen LogP contribution < -0.4 is 10.6 Å². The van der Waals surface area contributed by atoms with Gasteiger partial charge in [0.25, 0.3) is 0 Å². The Morgan fingerprint density at radius 3 is 2.10 bits per heavy atom. The molecule has 1 heterocycles. The van der Waals surface area contributed by atoms with Gasteiger partial charge in [-0.05, 0) is 19.3 Å². The van der Waals surface area contributed by atoms with Crippen LogP contribution in [0.15, 0.2) is 0 Å². The van der Waals surface area contributed by atoms with E-state index in [1.54, 1.807) is 0 Å². The smallest absolute Gasteiger partial charge is 0.00824 e. The summed E-state index contributed by atoms with van der Waals surface area (Å²) in [6, 6.07) is 1.66. The van der Waals surface area contributed by atoms with Gasteiger partial charge in [0.05, 0.1) is 0 Å². The average Bonchev–Trinajstić information content (AvgIpc) is 2.12. The number of rotatable bonds is 0. The van der Waals surface area contributed by atoms with Crippen molar-refractivity contribution >= 4 is 0 Å². The summed E-state index contributed by atoms with van der Waals surface area (Å²) in [4.78, 5) is 0. The third-order valence-corrected chi connectivity index (χ3v) is 2.67. The van der Waals surface area contributed by atoms with Crippen LogP contribution in [-0.4, -0.2) is 25.2 Å². The van der Waals surface area contributed by atoms with E-state index < -0.39 is 0 Å². The van der Waals surface area contributed by atoms with Gasteiger partial charge in [-0.25, -0.2) is 0 Å². The molecule has 2 nitrogen and oxygen atoms in total. The molecule has 0 aromatic carbocycles. The van der Waals surface area contributed by atoms with Gasteiger partial charge < -0.3 is 10.6 Å². The van der Waals surface area contributed by atoms with Gasteiger partial charge in [0.2, 0.25) is 0 Å². The molecular formula is C8H16N2. The third-order valence-electron chi connectivity index (χ3n) is 2.67. The summed E-state index contributed by atoms with van der Waals surface area (Å²) in [5, 5.41) is 7.10. The summed E-state index contributed by atoms with van der Waals surface area (Å²) < 4.78 is 0. The van der Waals surface area contributed by atoms with Gasteiger partial charge in [0.15, 0.2) is 0 Å². The summed E-state index contributed by atoms with van der Waals surface area (Å²) in [5.41, 5.74) is 0. The molecule has 0 radical (unpaired) electrons. The highest BCUT2D eigenvalue weighted by molar-refractivity contribution is 4.84. The van der Waals surface area contributed by atoms with Gasteiger partial charge in [-0.2, -0.15) is 0 Å². The number of hydrogen-bond acceptors (Lipinski definition) is 2. The molecule has 1 saturated heterocycles. The Hall–Kier alpha value is -0.0800. The molecule has 2 unspecified atom stereocenters. The first-order valence-corrected chi connectivity index (χ1v) is 4.42. The fourth-order valence-corrected chi connectivity index (χ4v) is 2.11. The number of nitrogens with one attached hydrogen (secondary N) is 2. The van der Waals surface area contributed by atoms with Crippen LogP contribution in [0.25, 0.3) is 0 Å². The average molecular weight is 140 g/mol. The molecule has 2 bridgehead atoms. The van der Waals surface area contributed by atoms with Crippen molar-refractivity contribution in [3.05, 3.63) is 0 Å². The van der Waals surface area contributed by atoms with Crippen LogP contribution in [0.1, 0.15) is 25.7 Å². The Morgan fingerprint density at radius 1 is 0.900 bits per heavy atom. The lowest BCUT2D eigenvalue weighted by molar-refractivity contribution is 0.345. The second-order valence-corrected chi connectivity index (χ2v) is 3.47. The Morgan fingerprint density at radius 2 is 1.50 bits per heavy atom. The van der Waals surface area contributed by atoms with E-state index in [4.69, 9.17) is 0 Å². The molecule has 0 aromatic rings. The lowest BCUT2D eigenvalue weighted by atomic mass is 9.92. The van der Waals surface area contributed by atoms with Crippen molar-refractivity contribution in [3.8, 4) is 0 Å². The molecule has 2 aliphatic rings. The van der Waals surface area contributed by atoms with Crippen molar-refractivity contribution in [2.75, 3.05) is 13.1 Å². The van der Waals surface area contributed by atoms with Crippen molar-refractivity contribution in [2.24, 2.45) is 0 Å². The summed E-state index contributed by atoms with van der Waals surface area (Å²) in [6.07, 6.45) is 5.58. The molecule has 10 heavy (non-hydrogen) atoms. The summed E-state index contributed by atoms with van der Waals surface area (Å²) in [5.74, 6) is 0. The molecule has 0 aromatic heterocycles. The standard InChI is InChI=1S/C8H16N2/c1-2-7-6-8(3-1)10-5-4-9-7/h7-10H,1-6H2. The van der Waals surface area contributed by atoms with Crippen LogP contribution in [0.2, 0.25) is 0 Å². The molecule has 2 fully saturated rings. The minimum Gasteiger partial charge on any atom is -0.313 e. The van der Waals surface area contributed by atoms with E-state index in [-0.39, 0.29) is 0 Å². The second-order valence-electron chi connectivity index (χ2n) is 3.47. The number of hydrogen-bond donors (Lipinski definition) is 2. The van der Waals surface area contributed by atoms with E-state index in [2.05, 4.69) is 10.6 Å². The predicted octanol–water partition coefficient (Wildman–Crippen LogP) is 0.490. The Labute approximate surface area is 62.4 Å². The van der Waals surface area contributed by atoms with E-state index in [1.807, 2.05) is 0 Å². The maximum atomic E-state index is 3.55. The summed E-state index contributed by atoms with van der Waals surface area (Å²) in [7, 11) is 0. The highest BCUT2D eigenvalue weighted by Crippen LogP contribution is 2.19. The Balaban J connectivity index is 1.96. The molecule has 58 valence electrons. The zero-order valence-corrected chi connectivity index (χ0v) is 6.40. The monoisotopic (exact) mass is 140 g/mol. The van der Waals surface area contributed by atoms with E-state index in [1.165, 1.54) is 38.8 Å². The lowest BCUT2D eigenvalue weighted by Gasteiger charge is -2.26. The van der Waals surface area contributed by atoms with E-state index in [0.717, 1.165) is 12.1 Å². The largest absolute Gasteiger partial charge is 0.313 e. The van der Waals surface area contributed by atoms with Crippen LogP contribution in [0, 0.1) is 0 Å². The van der Waals surface area contributed by atoms with Gasteiger partial charge in [0, 0.05) is 25.2 Å². The van der Waals surface area contributed by atoms with Crippen LogP contribution >= 0.6 is 0 Å². The molecule has 1 saturated carbocycles. The van der Waals surface area contributed by atoms with Gasteiger partial charge in [-0.3, -0.25) is 0 Å². The van der Waals surface area contributed by atoms with Crippen molar-refractivity contribution < 1.29 is 0 Å².